The Morgan fingerprint density at radius 2 is 2.00 bits per heavy atom. The summed E-state index contributed by atoms with van der Waals surface area (Å²) in [5.41, 5.74) is -0.269. The number of benzene rings is 1. The van der Waals surface area contributed by atoms with Crippen molar-refractivity contribution in [2.45, 2.75) is 45.1 Å². The highest BCUT2D eigenvalue weighted by atomic mass is 16.5. The van der Waals surface area contributed by atoms with Crippen molar-refractivity contribution in [2.75, 3.05) is 7.11 Å². The molecule has 0 aromatic heterocycles. The minimum atomic E-state index is -1.20. The number of aliphatic carboxylic acids is 1. The summed E-state index contributed by atoms with van der Waals surface area (Å²) in [5, 5.41) is 11.9. The molecule has 5 heteroatoms. The SMILES string of the molecule is CCCC(C)(NC(=O)CCc1ccccc1OC)C(=O)O. The average Bonchev–Trinajstić information content (AvgIpc) is 2.45. The zero-order chi connectivity index (χ0) is 15.9. The van der Waals surface area contributed by atoms with Crippen LogP contribution in [-0.2, 0) is 16.0 Å². The molecule has 0 saturated carbocycles. The Morgan fingerprint density at radius 3 is 2.57 bits per heavy atom. The van der Waals surface area contributed by atoms with Gasteiger partial charge in [-0.05, 0) is 31.4 Å². The number of ether oxygens (including phenoxy) is 1. The van der Waals surface area contributed by atoms with E-state index < -0.39 is 11.5 Å². The second kappa shape index (κ2) is 7.67. The Morgan fingerprint density at radius 1 is 1.33 bits per heavy atom. The Balaban J connectivity index is 2.63. The molecule has 0 bridgehead atoms. The number of nitrogens with one attached hydrogen (secondary N) is 1. The van der Waals surface area contributed by atoms with Gasteiger partial charge in [-0.2, -0.15) is 0 Å². The highest BCUT2D eigenvalue weighted by Gasteiger charge is 2.33. The third kappa shape index (κ3) is 4.77. The topological polar surface area (TPSA) is 75.6 Å². The van der Waals surface area contributed by atoms with Crippen molar-refractivity contribution >= 4 is 11.9 Å². The molecular weight excluding hydrogens is 270 g/mol. The van der Waals surface area contributed by atoms with Crippen LogP contribution in [-0.4, -0.2) is 29.6 Å². The second-order valence-corrected chi connectivity index (χ2v) is 5.25. The van der Waals surface area contributed by atoms with Gasteiger partial charge in [0.15, 0.2) is 0 Å². The van der Waals surface area contributed by atoms with E-state index in [1.165, 1.54) is 0 Å². The first-order valence-corrected chi connectivity index (χ1v) is 7.09. The maximum absolute atomic E-state index is 12.0. The number of para-hydroxylation sites is 1. The fraction of sp³-hybridized carbons (Fsp3) is 0.500. The van der Waals surface area contributed by atoms with E-state index in [9.17, 15) is 14.7 Å². The summed E-state index contributed by atoms with van der Waals surface area (Å²) in [6.07, 6.45) is 1.84. The summed E-state index contributed by atoms with van der Waals surface area (Å²) in [7, 11) is 1.58. The molecule has 1 atom stereocenters. The standard InChI is InChI=1S/C16H23NO4/c1-4-11-16(2,15(19)20)17-14(18)10-9-12-7-5-6-8-13(12)21-3/h5-8H,4,9-11H2,1-3H3,(H,17,18)(H,19,20). The average molecular weight is 293 g/mol. The number of carbonyl (C=O) groups excluding carboxylic acids is 1. The lowest BCUT2D eigenvalue weighted by Gasteiger charge is -2.25. The van der Waals surface area contributed by atoms with E-state index in [-0.39, 0.29) is 12.3 Å². The van der Waals surface area contributed by atoms with Crippen molar-refractivity contribution in [2.24, 2.45) is 0 Å². The van der Waals surface area contributed by atoms with Gasteiger partial charge in [0.25, 0.3) is 0 Å². The third-order valence-corrected chi connectivity index (χ3v) is 3.45. The molecule has 21 heavy (non-hydrogen) atoms. The Bertz CT molecular complexity index is 501. The van der Waals surface area contributed by atoms with Crippen LogP contribution in [0.4, 0.5) is 0 Å². The summed E-state index contributed by atoms with van der Waals surface area (Å²) < 4.78 is 5.23. The van der Waals surface area contributed by atoms with Gasteiger partial charge in [-0.1, -0.05) is 31.5 Å². The number of hydrogen-bond acceptors (Lipinski definition) is 3. The van der Waals surface area contributed by atoms with Crippen LogP contribution in [0.5, 0.6) is 5.75 Å². The number of aryl methyl sites for hydroxylation is 1. The molecule has 2 N–H and O–H groups in total. The summed E-state index contributed by atoms with van der Waals surface area (Å²) in [6, 6.07) is 7.49. The van der Waals surface area contributed by atoms with Crippen LogP contribution in [0.3, 0.4) is 0 Å². The fourth-order valence-electron chi connectivity index (χ4n) is 2.25. The van der Waals surface area contributed by atoms with Crippen LogP contribution in [0.25, 0.3) is 0 Å². The highest BCUT2D eigenvalue weighted by molar-refractivity contribution is 5.86. The van der Waals surface area contributed by atoms with Crippen LogP contribution in [0, 0.1) is 0 Å². The van der Waals surface area contributed by atoms with Crippen LogP contribution in [0.15, 0.2) is 24.3 Å². The van der Waals surface area contributed by atoms with Gasteiger partial charge in [-0.3, -0.25) is 4.79 Å². The zero-order valence-electron chi connectivity index (χ0n) is 12.8. The lowest BCUT2D eigenvalue weighted by molar-refractivity contribution is -0.147. The van der Waals surface area contributed by atoms with E-state index in [4.69, 9.17) is 4.74 Å². The van der Waals surface area contributed by atoms with Crippen molar-refractivity contribution in [1.82, 2.24) is 5.32 Å². The Hall–Kier alpha value is -2.04. The van der Waals surface area contributed by atoms with E-state index in [1.807, 2.05) is 31.2 Å². The lowest BCUT2D eigenvalue weighted by Crippen LogP contribution is -2.52. The molecule has 0 aliphatic heterocycles. The van der Waals surface area contributed by atoms with E-state index >= 15 is 0 Å². The van der Waals surface area contributed by atoms with Crippen molar-refractivity contribution in [3.05, 3.63) is 29.8 Å². The van der Waals surface area contributed by atoms with Gasteiger partial charge >= 0.3 is 5.97 Å². The first-order valence-electron chi connectivity index (χ1n) is 7.09. The quantitative estimate of drug-likeness (QED) is 0.771. The normalized spacial score (nSPS) is 13.3. The number of hydrogen-bond donors (Lipinski definition) is 2. The predicted molar refractivity (Wildman–Crippen MR) is 80.4 cm³/mol. The molecule has 1 aromatic carbocycles. The van der Waals surface area contributed by atoms with Crippen molar-refractivity contribution < 1.29 is 19.4 Å². The molecule has 1 aromatic rings. The summed E-state index contributed by atoms with van der Waals surface area (Å²) in [5.74, 6) is -0.533. The summed E-state index contributed by atoms with van der Waals surface area (Å²) in [4.78, 5) is 23.3. The molecule has 0 radical (unpaired) electrons. The van der Waals surface area contributed by atoms with Crippen LogP contribution in [0.2, 0.25) is 0 Å². The number of rotatable bonds is 8. The molecule has 0 fully saturated rings. The highest BCUT2D eigenvalue weighted by Crippen LogP contribution is 2.19. The summed E-state index contributed by atoms with van der Waals surface area (Å²) >= 11 is 0. The Kier molecular flexibility index (Phi) is 6.21. The van der Waals surface area contributed by atoms with Gasteiger partial charge in [0.1, 0.15) is 11.3 Å². The molecule has 5 nitrogen and oxygen atoms in total. The molecular formula is C16H23NO4. The first kappa shape index (κ1) is 17.0. The summed E-state index contributed by atoms with van der Waals surface area (Å²) in [6.45, 7) is 3.43. The van der Waals surface area contributed by atoms with Crippen molar-refractivity contribution in [3.63, 3.8) is 0 Å². The van der Waals surface area contributed by atoms with Crippen molar-refractivity contribution in [1.29, 1.82) is 0 Å². The van der Waals surface area contributed by atoms with Gasteiger partial charge in [0.05, 0.1) is 7.11 Å². The molecule has 0 saturated heterocycles. The first-order chi connectivity index (χ1) is 9.92. The largest absolute Gasteiger partial charge is 0.496 e. The van der Waals surface area contributed by atoms with Gasteiger partial charge < -0.3 is 15.2 Å². The number of carboxylic acids is 1. The zero-order valence-corrected chi connectivity index (χ0v) is 12.8. The minimum Gasteiger partial charge on any atom is -0.496 e. The van der Waals surface area contributed by atoms with E-state index in [2.05, 4.69) is 5.32 Å². The van der Waals surface area contributed by atoms with Crippen molar-refractivity contribution in [3.8, 4) is 5.75 Å². The predicted octanol–water partition coefficient (Wildman–Crippen LogP) is 2.39. The smallest absolute Gasteiger partial charge is 0.329 e. The van der Waals surface area contributed by atoms with Gasteiger partial charge in [0.2, 0.25) is 5.91 Å². The van der Waals surface area contributed by atoms with Crippen LogP contribution >= 0.6 is 0 Å². The minimum absolute atomic E-state index is 0.229. The molecule has 1 rings (SSSR count). The van der Waals surface area contributed by atoms with Crippen LogP contribution < -0.4 is 10.1 Å². The maximum Gasteiger partial charge on any atom is 0.329 e. The molecule has 0 aliphatic carbocycles. The lowest BCUT2D eigenvalue weighted by atomic mass is 9.96. The van der Waals surface area contributed by atoms with Gasteiger partial charge in [-0.15, -0.1) is 0 Å². The number of carboxylic acid groups (broad SMARTS) is 1. The molecule has 0 aliphatic rings. The van der Waals surface area contributed by atoms with Crippen LogP contribution in [0.1, 0.15) is 38.7 Å². The molecule has 0 heterocycles. The molecule has 1 unspecified atom stereocenters. The van der Waals surface area contributed by atoms with E-state index in [1.54, 1.807) is 14.0 Å². The van der Waals surface area contributed by atoms with E-state index in [0.717, 1.165) is 11.3 Å². The molecule has 0 spiro atoms. The third-order valence-electron chi connectivity index (χ3n) is 3.45. The monoisotopic (exact) mass is 293 g/mol. The molecule has 1 amide bonds. The number of amides is 1. The fourth-order valence-corrected chi connectivity index (χ4v) is 2.25. The van der Waals surface area contributed by atoms with E-state index in [0.29, 0.717) is 19.3 Å². The molecule has 116 valence electrons. The maximum atomic E-state index is 12.0. The van der Waals surface area contributed by atoms with Gasteiger partial charge in [0, 0.05) is 6.42 Å². The second-order valence-electron chi connectivity index (χ2n) is 5.25. The number of carbonyl (C=O) groups is 2. The Labute approximate surface area is 125 Å². The number of methoxy groups -OCH3 is 1. The van der Waals surface area contributed by atoms with Gasteiger partial charge in [-0.25, -0.2) is 4.79 Å².